The zero-order valence-corrected chi connectivity index (χ0v) is 16.2. The fourth-order valence-electron chi connectivity index (χ4n) is 2.61. The van der Waals surface area contributed by atoms with E-state index in [2.05, 4.69) is 10.2 Å². The standard InChI is InChI=1S/C18H16Cl2N2O3S/c1-11-2-3-13(10-15(11)19)16-17(21-22-18(16)20)12-4-6-14(7-5-12)26(24,25)9-8-23/h2-7,10,23H,8-9H2,1H3,(H,21,22). The van der Waals surface area contributed by atoms with Crippen molar-refractivity contribution in [3.63, 3.8) is 0 Å². The molecule has 0 fully saturated rings. The van der Waals surface area contributed by atoms with Gasteiger partial charge in [-0.1, -0.05) is 47.5 Å². The van der Waals surface area contributed by atoms with Crippen molar-refractivity contribution in [3.8, 4) is 22.4 Å². The molecule has 1 aromatic heterocycles. The van der Waals surface area contributed by atoms with Crippen LogP contribution in [-0.2, 0) is 9.84 Å². The third kappa shape index (κ3) is 3.64. The Kier molecular flexibility index (Phi) is 5.39. The van der Waals surface area contributed by atoms with E-state index in [1.54, 1.807) is 12.1 Å². The van der Waals surface area contributed by atoms with Gasteiger partial charge in [-0.25, -0.2) is 8.42 Å². The molecule has 2 aromatic carbocycles. The second kappa shape index (κ2) is 7.40. The molecular formula is C18H16Cl2N2O3S. The smallest absolute Gasteiger partial charge is 0.180 e. The molecule has 2 N–H and O–H groups in total. The largest absolute Gasteiger partial charge is 0.395 e. The van der Waals surface area contributed by atoms with E-state index in [9.17, 15) is 8.42 Å². The first-order valence-electron chi connectivity index (χ1n) is 7.78. The van der Waals surface area contributed by atoms with E-state index in [1.807, 2.05) is 25.1 Å². The second-order valence-corrected chi connectivity index (χ2v) is 8.67. The normalized spacial score (nSPS) is 11.7. The van der Waals surface area contributed by atoms with Crippen LogP contribution in [0.15, 0.2) is 47.4 Å². The molecule has 0 radical (unpaired) electrons. The third-order valence-electron chi connectivity index (χ3n) is 4.04. The Morgan fingerprint density at radius 1 is 1.08 bits per heavy atom. The number of nitrogens with one attached hydrogen (secondary N) is 1. The van der Waals surface area contributed by atoms with Crippen molar-refractivity contribution >= 4 is 33.0 Å². The maximum atomic E-state index is 12.0. The van der Waals surface area contributed by atoms with Crippen LogP contribution in [-0.4, -0.2) is 36.1 Å². The fourth-order valence-corrected chi connectivity index (χ4v) is 4.06. The molecule has 136 valence electrons. The van der Waals surface area contributed by atoms with Crippen molar-refractivity contribution in [2.45, 2.75) is 11.8 Å². The van der Waals surface area contributed by atoms with Gasteiger partial charge < -0.3 is 5.11 Å². The summed E-state index contributed by atoms with van der Waals surface area (Å²) in [6.07, 6.45) is 0. The van der Waals surface area contributed by atoms with Crippen LogP contribution >= 0.6 is 23.2 Å². The summed E-state index contributed by atoms with van der Waals surface area (Å²) >= 11 is 12.5. The molecule has 26 heavy (non-hydrogen) atoms. The van der Waals surface area contributed by atoms with E-state index in [1.165, 1.54) is 12.1 Å². The van der Waals surface area contributed by atoms with Gasteiger partial charge in [0, 0.05) is 16.1 Å². The lowest BCUT2D eigenvalue weighted by Gasteiger charge is -2.08. The molecule has 0 aliphatic rings. The first-order valence-corrected chi connectivity index (χ1v) is 10.2. The lowest BCUT2D eigenvalue weighted by Crippen LogP contribution is -2.09. The van der Waals surface area contributed by atoms with Gasteiger partial charge in [0.2, 0.25) is 0 Å². The molecule has 0 spiro atoms. The number of aliphatic hydroxyl groups excluding tert-OH is 1. The molecule has 0 aliphatic carbocycles. The highest BCUT2D eigenvalue weighted by Gasteiger charge is 2.18. The molecule has 0 aliphatic heterocycles. The van der Waals surface area contributed by atoms with Gasteiger partial charge in [0.15, 0.2) is 15.0 Å². The van der Waals surface area contributed by atoms with E-state index in [0.29, 0.717) is 21.4 Å². The van der Waals surface area contributed by atoms with Crippen molar-refractivity contribution in [2.24, 2.45) is 0 Å². The lowest BCUT2D eigenvalue weighted by atomic mass is 10.0. The van der Waals surface area contributed by atoms with Crippen LogP contribution in [0.1, 0.15) is 5.56 Å². The number of nitrogens with zero attached hydrogens (tertiary/aromatic N) is 1. The van der Waals surface area contributed by atoms with Crippen molar-refractivity contribution in [3.05, 3.63) is 58.2 Å². The zero-order valence-electron chi connectivity index (χ0n) is 13.8. The molecule has 8 heteroatoms. The highest BCUT2D eigenvalue weighted by Crippen LogP contribution is 2.37. The second-order valence-electron chi connectivity index (χ2n) is 5.80. The van der Waals surface area contributed by atoms with Crippen molar-refractivity contribution in [2.75, 3.05) is 12.4 Å². The molecule has 3 aromatic rings. The summed E-state index contributed by atoms with van der Waals surface area (Å²) in [6, 6.07) is 12.0. The Morgan fingerprint density at radius 3 is 2.35 bits per heavy atom. The lowest BCUT2D eigenvalue weighted by molar-refractivity contribution is 0.319. The van der Waals surface area contributed by atoms with Gasteiger partial charge in [-0.15, -0.1) is 0 Å². The Morgan fingerprint density at radius 2 is 1.73 bits per heavy atom. The third-order valence-corrected chi connectivity index (χ3v) is 6.44. The molecule has 3 rings (SSSR count). The highest BCUT2D eigenvalue weighted by molar-refractivity contribution is 7.91. The SMILES string of the molecule is Cc1ccc(-c2c(Cl)n[nH]c2-c2ccc(S(=O)(=O)CCO)cc2)cc1Cl. The number of hydrogen-bond acceptors (Lipinski definition) is 4. The van der Waals surface area contributed by atoms with Crippen molar-refractivity contribution in [1.29, 1.82) is 0 Å². The number of aromatic amines is 1. The minimum atomic E-state index is -3.50. The Labute approximate surface area is 161 Å². The number of halogens is 2. The van der Waals surface area contributed by atoms with Gasteiger partial charge in [0.25, 0.3) is 0 Å². The summed E-state index contributed by atoms with van der Waals surface area (Å²) in [6.45, 7) is 1.49. The number of sulfone groups is 1. The minimum Gasteiger partial charge on any atom is -0.395 e. The first kappa shape index (κ1) is 18.9. The van der Waals surface area contributed by atoms with E-state index in [4.69, 9.17) is 28.3 Å². The van der Waals surface area contributed by atoms with Gasteiger partial charge in [0.05, 0.1) is 22.9 Å². The van der Waals surface area contributed by atoms with Crippen LogP contribution in [0.3, 0.4) is 0 Å². The van der Waals surface area contributed by atoms with Gasteiger partial charge in [-0.3, -0.25) is 5.10 Å². The number of aliphatic hydroxyl groups is 1. The Balaban J connectivity index is 2.05. The first-order chi connectivity index (χ1) is 12.3. The average molecular weight is 411 g/mol. The molecule has 0 bridgehead atoms. The molecule has 0 saturated heterocycles. The molecule has 5 nitrogen and oxygen atoms in total. The maximum absolute atomic E-state index is 12.0. The van der Waals surface area contributed by atoms with Crippen LogP contribution < -0.4 is 0 Å². The number of aromatic nitrogens is 2. The van der Waals surface area contributed by atoms with Crippen LogP contribution in [0.2, 0.25) is 10.2 Å². The Hall–Kier alpha value is -1.86. The fraction of sp³-hybridized carbons (Fsp3) is 0.167. The summed E-state index contributed by atoms with van der Waals surface area (Å²) in [5, 5.41) is 16.8. The van der Waals surface area contributed by atoms with Crippen molar-refractivity contribution in [1.82, 2.24) is 10.2 Å². The molecule has 0 atom stereocenters. The summed E-state index contributed by atoms with van der Waals surface area (Å²) in [4.78, 5) is 0.154. The highest BCUT2D eigenvalue weighted by atomic mass is 35.5. The maximum Gasteiger partial charge on any atom is 0.180 e. The van der Waals surface area contributed by atoms with Crippen LogP contribution in [0, 0.1) is 6.92 Å². The molecule has 0 amide bonds. The van der Waals surface area contributed by atoms with Gasteiger partial charge in [-0.2, -0.15) is 5.10 Å². The molecule has 0 unspecified atom stereocenters. The van der Waals surface area contributed by atoms with E-state index in [0.717, 1.165) is 16.7 Å². The molecular weight excluding hydrogens is 395 g/mol. The minimum absolute atomic E-state index is 0.154. The Bertz CT molecular complexity index is 1040. The van der Waals surface area contributed by atoms with Gasteiger partial charge >= 0.3 is 0 Å². The van der Waals surface area contributed by atoms with E-state index in [-0.39, 0.29) is 10.6 Å². The quantitative estimate of drug-likeness (QED) is 0.662. The van der Waals surface area contributed by atoms with E-state index >= 15 is 0 Å². The van der Waals surface area contributed by atoms with Crippen LogP contribution in [0.4, 0.5) is 0 Å². The molecule has 1 heterocycles. The van der Waals surface area contributed by atoms with Gasteiger partial charge in [-0.05, 0) is 36.2 Å². The number of rotatable bonds is 5. The molecule has 0 saturated carbocycles. The predicted molar refractivity (Wildman–Crippen MR) is 103 cm³/mol. The van der Waals surface area contributed by atoms with Crippen LogP contribution in [0.5, 0.6) is 0 Å². The summed E-state index contributed by atoms with van der Waals surface area (Å²) in [5.74, 6) is -0.310. The average Bonchev–Trinajstić information content (AvgIpc) is 2.99. The number of hydrogen-bond donors (Lipinski definition) is 2. The van der Waals surface area contributed by atoms with Crippen LogP contribution in [0.25, 0.3) is 22.4 Å². The monoisotopic (exact) mass is 410 g/mol. The summed E-state index contributed by atoms with van der Waals surface area (Å²) < 4.78 is 24.1. The summed E-state index contributed by atoms with van der Waals surface area (Å²) in [5.41, 5.74) is 3.86. The predicted octanol–water partition coefficient (Wildman–Crippen LogP) is 4.12. The number of benzene rings is 2. The topological polar surface area (TPSA) is 83.0 Å². The number of H-pyrrole nitrogens is 1. The zero-order chi connectivity index (χ0) is 18.9. The number of aryl methyl sites for hydroxylation is 1. The van der Waals surface area contributed by atoms with Crippen molar-refractivity contribution < 1.29 is 13.5 Å². The van der Waals surface area contributed by atoms with Gasteiger partial charge in [0.1, 0.15) is 0 Å². The summed E-state index contributed by atoms with van der Waals surface area (Å²) in [7, 11) is -3.50. The van der Waals surface area contributed by atoms with E-state index < -0.39 is 16.4 Å².